The molecule has 0 fully saturated rings. The Bertz CT molecular complexity index is 49.6. The Morgan fingerprint density at radius 2 is 2.40 bits per heavy atom. The lowest BCUT2D eigenvalue weighted by atomic mass is 11.1. The Morgan fingerprint density at radius 1 is 1.80 bits per heavy atom. The third-order valence-corrected chi connectivity index (χ3v) is 0.244. The zero-order valence-corrected chi connectivity index (χ0v) is 3.24. The fourth-order valence-corrected chi connectivity index (χ4v) is 0.0845. The molecule has 0 unspecified atom stereocenters. The van der Waals surface area contributed by atoms with Crippen molar-refractivity contribution in [2.24, 2.45) is 5.11 Å². The molecule has 0 spiro atoms. The van der Waals surface area contributed by atoms with Gasteiger partial charge in [0.1, 0.15) is 0 Å². The van der Waals surface area contributed by atoms with Gasteiger partial charge in [-0.05, 0) is 0 Å². The summed E-state index contributed by atoms with van der Waals surface area (Å²) in [6.45, 7) is 0. The first-order valence-corrected chi connectivity index (χ1v) is 1.47. The first kappa shape index (κ1) is 4.63. The van der Waals surface area contributed by atoms with Gasteiger partial charge >= 0.3 is 0 Å². The van der Waals surface area contributed by atoms with Crippen molar-refractivity contribution in [3.63, 3.8) is 0 Å². The largest absolute Gasteiger partial charge is 0.205 e. The number of hydrogen-bond donors (Lipinski definition) is 1. The average Bonchev–Trinajstić information content (AvgIpc) is 1.41. The lowest BCUT2D eigenvalue weighted by Gasteiger charge is -1.53. The molecule has 0 aliphatic heterocycles. The van der Waals surface area contributed by atoms with Crippen molar-refractivity contribution >= 4 is 11.6 Å². The number of nitrogens with zero attached hydrogens (tertiary/aromatic N) is 1. The van der Waals surface area contributed by atoms with E-state index in [1.54, 1.807) is 0 Å². The van der Waals surface area contributed by atoms with Crippen molar-refractivity contribution < 1.29 is 0 Å². The topological polar surface area (TPSA) is 36.2 Å². The first-order valence-electron chi connectivity index (χ1n) is 1.03. The molecule has 3 heteroatoms. The maximum Gasteiger partial charge on any atom is 0.0601 e. The minimum Gasteiger partial charge on any atom is -0.205 e. The van der Waals surface area contributed by atoms with Crippen molar-refractivity contribution in [1.82, 2.24) is 0 Å². The molecule has 0 radical (unpaired) electrons. The minimum absolute atomic E-state index is 1.17. The number of hydrogen-bond acceptors (Lipinski definition) is 2. The Kier molecular flexibility index (Phi) is 3.36. The molecule has 0 aromatic heterocycles. The molecule has 1 N–H and O–H groups in total. The fraction of sp³-hybridized carbons (Fsp3) is 0. The highest BCUT2D eigenvalue weighted by Crippen LogP contribution is 1.74. The van der Waals surface area contributed by atoms with Gasteiger partial charge in [0.25, 0.3) is 0 Å². The second-order valence-electron chi connectivity index (χ2n) is 0.404. The molecule has 0 atom stereocenters. The predicted molar refractivity (Wildman–Crippen MR) is 20.1 cm³/mol. The van der Waals surface area contributed by atoms with Gasteiger partial charge in [-0.1, -0.05) is 11.6 Å². The third kappa shape index (κ3) is 3.63. The van der Waals surface area contributed by atoms with Crippen LogP contribution in [-0.2, 0) is 0 Å². The van der Waals surface area contributed by atoms with Gasteiger partial charge in [-0.25, -0.2) is 5.53 Å². The molecule has 28 valence electrons. The van der Waals surface area contributed by atoms with Crippen molar-refractivity contribution in [1.29, 1.82) is 5.53 Å². The summed E-state index contributed by atoms with van der Waals surface area (Å²) in [4.78, 5) is 0. The van der Waals surface area contributed by atoms with Crippen molar-refractivity contribution in [3.05, 3.63) is 11.7 Å². The van der Waals surface area contributed by atoms with Crippen LogP contribution in [0.1, 0.15) is 0 Å². The van der Waals surface area contributed by atoms with E-state index in [4.69, 9.17) is 17.1 Å². The predicted octanol–water partition coefficient (Wildman–Crippen LogP) is 1.73. The molecule has 0 aromatic carbocycles. The average molecular weight is 90.5 g/mol. The van der Waals surface area contributed by atoms with Crippen LogP contribution >= 0.6 is 11.6 Å². The van der Waals surface area contributed by atoms with E-state index in [-0.39, 0.29) is 0 Å². The molecule has 0 aliphatic carbocycles. The fourth-order valence-electron chi connectivity index (χ4n) is 0.0282. The molecule has 0 aromatic rings. The van der Waals surface area contributed by atoms with Gasteiger partial charge in [0, 0.05) is 5.54 Å². The van der Waals surface area contributed by atoms with Crippen LogP contribution in [0.3, 0.4) is 0 Å². The number of nitrogens with one attached hydrogen (secondary N) is 1. The minimum atomic E-state index is 1.17. The Balaban J connectivity index is 2.92. The normalized spacial score (nSPS) is 9.00. The molecule has 0 rings (SSSR count). The van der Waals surface area contributed by atoms with Gasteiger partial charge in [-0.2, -0.15) is 5.11 Å². The molecule has 0 saturated heterocycles. The molecular formula is C2H3ClN2. The van der Waals surface area contributed by atoms with Crippen molar-refractivity contribution in [2.75, 3.05) is 0 Å². The Hall–Kier alpha value is -0.370. The standard InChI is InChI=1S/C2H3ClN2/c3-1-2-5-4/h1-2,4H. The van der Waals surface area contributed by atoms with Gasteiger partial charge in [0.2, 0.25) is 0 Å². The molecule has 0 saturated carbocycles. The van der Waals surface area contributed by atoms with E-state index in [0.29, 0.717) is 0 Å². The molecule has 0 amide bonds. The van der Waals surface area contributed by atoms with E-state index in [1.807, 2.05) is 0 Å². The summed E-state index contributed by atoms with van der Waals surface area (Å²) in [5, 5.41) is 2.79. The summed E-state index contributed by atoms with van der Waals surface area (Å²) in [6, 6.07) is 0. The molecule has 5 heavy (non-hydrogen) atoms. The second-order valence-corrected chi connectivity index (χ2v) is 0.656. The number of rotatable bonds is 1. The molecule has 2 nitrogen and oxygen atoms in total. The molecule has 0 bridgehead atoms. The van der Waals surface area contributed by atoms with Gasteiger partial charge in [-0.15, -0.1) is 0 Å². The third-order valence-electron chi connectivity index (χ3n) is 0.131. The first-order chi connectivity index (χ1) is 2.41. The van der Waals surface area contributed by atoms with E-state index in [9.17, 15) is 0 Å². The van der Waals surface area contributed by atoms with Crippen LogP contribution in [0.15, 0.2) is 16.8 Å². The highest BCUT2D eigenvalue weighted by Gasteiger charge is 1.46. The van der Waals surface area contributed by atoms with Crippen LogP contribution in [0.2, 0.25) is 0 Å². The summed E-state index contributed by atoms with van der Waals surface area (Å²) in [7, 11) is 0. The molecule has 0 heterocycles. The van der Waals surface area contributed by atoms with Crippen molar-refractivity contribution in [2.45, 2.75) is 0 Å². The van der Waals surface area contributed by atoms with Crippen LogP contribution < -0.4 is 0 Å². The smallest absolute Gasteiger partial charge is 0.0601 e. The summed E-state index contributed by atoms with van der Waals surface area (Å²) in [6.07, 6.45) is 1.18. The number of halogens is 1. The van der Waals surface area contributed by atoms with E-state index in [1.165, 1.54) is 11.7 Å². The maximum absolute atomic E-state index is 6.06. The van der Waals surface area contributed by atoms with Gasteiger partial charge < -0.3 is 0 Å². The van der Waals surface area contributed by atoms with E-state index >= 15 is 0 Å². The molecular weight excluding hydrogens is 87.5 g/mol. The second kappa shape index (κ2) is 3.63. The van der Waals surface area contributed by atoms with Crippen LogP contribution in [0, 0.1) is 5.53 Å². The summed E-state index contributed by atoms with van der Waals surface area (Å²) in [5.41, 5.74) is 7.23. The summed E-state index contributed by atoms with van der Waals surface area (Å²) in [5.74, 6) is 0. The van der Waals surface area contributed by atoms with E-state index in [2.05, 4.69) is 5.11 Å². The highest BCUT2D eigenvalue weighted by atomic mass is 35.5. The Morgan fingerprint density at radius 3 is 2.40 bits per heavy atom. The van der Waals surface area contributed by atoms with E-state index < -0.39 is 0 Å². The van der Waals surface area contributed by atoms with Gasteiger partial charge in [0.05, 0.1) is 6.20 Å². The zero-order chi connectivity index (χ0) is 4.12. The summed E-state index contributed by atoms with van der Waals surface area (Å²) < 4.78 is 0. The quantitative estimate of drug-likeness (QED) is 0.476. The van der Waals surface area contributed by atoms with Crippen LogP contribution in [0.25, 0.3) is 0 Å². The maximum atomic E-state index is 6.06. The van der Waals surface area contributed by atoms with Gasteiger partial charge in [-0.3, -0.25) is 0 Å². The summed E-state index contributed by atoms with van der Waals surface area (Å²) >= 11 is 4.91. The SMILES string of the molecule is N=NC=CCl. The Labute approximate surface area is 35.0 Å². The van der Waals surface area contributed by atoms with E-state index in [0.717, 1.165) is 0 Å². The highest BCUT2D eigenvalue weighted by molar-refractivity contribution is 6.25. The van der Waals surface area contributed by atoms with Crippen molar-refractivity contribution in [3.8, 4) is 0 Å². The van der Waals surface area contributed by atoms with Crippen LogP contribution in [-0.4, -0.2) is 0 Å². The van der Waals surface area contributed by atoms with Crippen LogP contribution in [0.5, 0.6) is 0 Å². The zero-order valence-electron chi connectivity index (χ0n) is 2.48. The van der Waals surface area contributed by atoms with Crippen LogP contribution in [0.4, 0.5) is 0 Å². The molecule has 0 aliphatic rings. The van der Waals surface area contributed by atoms with Gasteiger partial charge in [0.15, 0.2) is 0 Å². The lowest BCUT2D eigenvalue weighted by molar-refractivity contribution is 1.14. The lowest BCUT2D eigenvalue weighted by Crippen LogP contribution is -1.28. The monoisotopic (exact) mass is 90.0 g/mol.